The van der Waals surface area contributed by atoms with Crippen molar-refractivity contribution in [1.29, 1.82) is 0 Å². The molecule has 3 nitrogen and oxygen atoms in total. The van der Waals surface area contributed by atoms with Crippen molar-refractivity contribution in [3.05, 3.63) is 23.3 Å². The number of nitrogens with zero attached hydrogens (tertiary/aromatic N) is 2. The van der Waals surface area contributed by atoms with Crippen molar-refractivity contribution >= 4 is 0 Å². The smallest absolute Gasteiger partial charge is 0.132 e. The largest absolute Gasteiger partial charge is 0.311 e. The van der Waals surface area contributed by atoms with Crippen LogP contribution in [-0.4, -0.2) is 16.5 Å². The monoisotopic (exact) mass is 259 g/mol. The molecule has 0 saturated heterocycles. The van der Waals surface area contributed by atoms with Crippen molar-refractivity contribution in [2.24, 2.45) is 11.8 Å². The van der Waals surface area contributed by atoms with E-state index in [1.165, 1.54) is 37.8 Å². The summed E-state index contributed by atoms with van der Waals surface area (Å²) >= 11 is 0. The van der Waals surface area contributed by atoms with E-state index in [9.17, 15) is 0 Å². The van der Waals surface area contributed by atoms with Gasteiger partial charge in [0.2, 0.25) is 0 Å². The predicted octanol–water partition coefficient (Wildman–Crippen LogP) is 3.19. The van der Waals surface area contributed by atoms with Gasteiger partial charge in [-0.15, -0.1) is 0 Å². The molecule has 104 valence electrons. The van der Waals surface area contributed by atoms with Crippen LogP contribution in [0.5, 0.6) is 0 Å². The summed E-state index contributed by atoms with van der Waals surface area (Å²) in [4.78, 5) is 9.56. The SMILES string of the molecule is CCCNCc1cc(C)nc(C2CC3CCC2C3)n1. The Morgan fingerprint density at radius 2 is 2.16 bits per heavy atom. The molecule has 1 heterocycles. The maximum Gasteiger partial charge on any atom is 0.132 e. The van der Waals surface area contributed by atoms with Gasteiger partial charge >= 0.3 is 0 Å². The maximum absolute atomic E-state index is 4.83. The Hall–Kier alpha value is -0.960. The molecule has 2 bridgehead atoms. The van der Waals surface area contributed by atoms with Crippen LogP contribution in [0.2, 0.25) is 0 Å². The van der Waals surface area contributed by atoms with Crippen molar-refractivity contribution < 1.29 is 0 Å². The normalized spacial score (nSPS) is 29.1. The van der Waals surface area contributed by atoms with E-state index >= 15 is 0 Å². The Kier molecular flexibility index (Phi) is 3.83. The second-order valence-electron chi connectivity index (χ2n) is 6.32. The van der Waals surface area contributed by atoms with E-state index in [4.69, 9.17) is 9.97 Å². The average molecular weight is 259 g/mol. The van der Waals surface area contributed by atoms with Crippen LogP contribution >= 0.6 is 0 Å². The summed E-state index contributed by atoms with van der Waals surface area (Å²) in [6, 6.07) is 2.12. The Balaban J connectivity index is 1.74. The van der Waals surface area contributed by atoms with Gasteiger partial charge in [0.25, 0.3) is 0 Å². The second kappa shape index (κ2) is 5.58. The first kappa shape index (κ1) is 13.0. The van der Waals surface area contributed by atoms with E-state index < -0.39 is 0 Å². The minimum atomic E-state index is 0.642. The van der Waals surface area contributed by atoms with E-state index in [2.05, 4.69) is 25.2 Å². The third-order valence-electron chi connectivity index (χ3n) is 4.73. The van der Waals surface area contributed by atoms with Crippen LogP contribution in [0.15, 0.2) is 6.07 Å². The molecule has 3 rings (SSSR count). The lowest BCUT2D eigenvalue weighted by atomic mass is 9.88. The Labute approximate surface area is 116 Å². The molecule has 2 aliphatic carbocycles. The third-order valence-corrected chi connectivity index (χ3v) is 4.73. The molecule has 1 N–H and O–H groups in total. The first-order valence-electron chi connectivity index (χ1n) is 7.81. The standard InChI is InChI=1S/C16H25N3/c1-3-6-17-10-14-7-11(2)18-16(19-14)15-9-12-4-5-13(15)8-12/h7,12-13,15,17H,3-6,8-10H2,1-2H3. The second-order valence-corrected chi connectivity index (χ2v) is 6.32. The van der Waals surface area contributed by atoms with Crippen LogP contribution in [0.4, 0.5) is 0 Å². The van der Waals surface area contributed by atoms with Gasteiger partial charge < -0.3 is 5.32 Å². The van der Waals surface area contributed by atoms with Crippen LogP contribution in [0.1, 0.15) is 62.2 Å². The van der Waals surface area contributed by atoms with Crippen molar-refractivity contribution in [1.82, 2.24) is 15.3 Å². The minimum Gasteiger partial charge on any atom is -0.311 e. The summed E-state index contributed by atoms with van der Waals surface area (Å²) in [5.41, 5.74) is 2.29. The van der Waals surface area contributed by atoms with Crippen LogP contribution in [0, 0.1) is 18.8 Å². The van der Waals surface area contributed by atoms with Gasteiger partial charge in [0.15, 0.2) is 0 Å². The highest BCUT2D eigenvalue weighted by molar-refractivity contribution is 5.15. The topological polar surface area (TPSA) is 37.8 Å². The molecule has 3 heteroatoms. The van der Waals surface area contributed by atoms with Crippen LogP contribution < -0.4 is 5.32 Å². The number of nitrogens with one attached hydrogen (secondary N) is 1. The number of fused-ring (bicyclic) bond motifs is 2. The van der Waals surface area contributed by atoms with Gasteiger partial charge in [0, 0.05) is 18.2 Å². The van der Waals surface area contributed by atoms with E-state index in [1.54, 1.807) is 0 Å². The molecule has 2 aliphatic rings. The van der Waals surface area contributed by atoms with Crippen molar-refractivity contribution in [2.45, 2.75) is 58.4 Å². The highest BCUT2D eigenvalue weighted by Crippen LogP contribution is 2.52. The zero-order chi connectivity index (χ0) is 13.2. The highest BCUT2D eigenvalue weighted by Gasteiger charge is 2.41. The fraction of sp³-hybridized carbons (Fsp3) is 0.750. The summed E-state index contributed by atoms with van der Waals surface area (Å²) in [6.45, 7) is 6.23. The van der Waals surface area contributed by atoms with Gasteiger partial charge in [0.05, 0.1) is 5.69 Å². The number of aromatic nitrogens is 2. The zero-order valence-electron chi connectivity index (χ0n) is 12.2. The Morgan fingerprint density at radius 3 is 2.84 bits per heavy atom. The fourth-order valence-corrected chi connectivity index (χ4v) is 3.87. The van der Waals surface area contributed by atoms with Crippen LogP contribution in [0.3, 0.4) is 0 Å². The Morgan fingerprint density at radius 1 is 1.26 bits per heavy atom. The van der Waals surface area contributed by atoms with Gasteiger partial charge in [-0.3, -0.25) is 0 Å². The summed E-state index contributed by atoms with van der Waals surface area (Å²) in [5, 5.41) is 3.44. The lowest BCUT2D eigenvalue weighted by Gasteiger charge is -2.21. The minimum absolute atomic E-state index is 0.642. The maximum atomic E-state index is 4.83. The molecule has 0 radical (unpaired) electrons. The number of aryl methyl sites for hydroxylation is 1. The molecular formula is C16H25N3. The van der Waals surface area contributed by atoms with Gasteiger partial charge in [-0.25, -0.2) is 9.97 Å². The summed E-state index contributed by atoms with van der Waals surface area (Å²) in [5.74, 6) is 3.59. The van der Waals surface area contributed by atoms with Gasteiger partial charge in [-0.1, -0.05) is 13.3 Å². The number of rotatable bonds is 5. The molecule has 0 spiro atoms. The first-order chi connectivity index (χ1) is 9.26. The van der Waals surface area contributed by atoms with Crippen molar-refractivity contribution in [3.63, 3.8) is 0 Å². The quantitative estimate of drug-likeness (QED) is 0.825. The fourth-order valence-electron chi connectivity index (χ4n) is 3.87. The molecule has 1 aromatic rings. The number of hydrogen-bond acceptors (Lipinski definition) is 3. The van der Waals surface area contributed by atoms with Gasteiger partial charge in [-0.2, -0.15) is 0 Å². The molecule has 3 atom stereocenters. The number of hydrogen-bond donors (Lipinski definition) is 1. The van der Waals surface area contributed by atoms with Gasteiger partial charge in [0.1, 0.15) is 5.82 Å². The molecule has 0 amide bonds. The van der Waals surface area contributed by atoms with E-state index in [0.717, 1.165) is 36.4 Å². The molecule has 0 aliphatic heterocycles. The van der Waals surface area contributed by atoms with Crippen LogP contribution in [0.25, 0.3) is 0 Å². The molecule has 3 unspecified atom stereocenters. The van der Waals surface area contributed by atoms with Crippen molar-refractivity contribution in [2.75, 3.05) is 6.54 Å². The van der Waals surface area contributed by atoms with E-state index in [0.29, 0.717) is 5.92 Å². The third kappa shape index (κ3) is 2.81. The van der Waals surface area contributed by atoms with E-state index in [1.807, 2.05) is 0 Å². The molecule has 0 aromatic carbocycles. The first-order valence-corrected chi connectivity index (χ1v) is 7.81. The molecule has 2 saturated carbocycles. The Bertz CT molecular complexity index is 444. The lowest BCUT2D eigenvalue weighted by molar-refractivity contribution is 0.403. The molecule has 2 fully saturated rings. The van der Waals surface area contributed by atoms with Crippen LogP contribution in [-0.2, 0) is 6.54 Å². The molecule has 1 aromatic heterocycles. The van der Waals surface area contributed by atoms with Crippen molar-refractivity contribution in [3.8, 4) is 0 Å². The van der Waals surface area contributed by atoms with E-state index in [-0.39, 0.29) is 0 Å². The molecular weight excluding hydrogens is 234 g/mol. The summed E-state index contributed by atoms with van der Waals surface area (Å²) < 4.78 is 0. The zero-order valence-corrected chi connectivity index (χ0v) is 12.2. The highest BCUT2D eigenvalue weighted by atomic mass is 14.9. The summed E-state index contributed by atoms with van der Waals surface area (Å²) in [7, 11) is 0. The molecule has 19 heavy (non-hydrogen) atoms. The lowest BCUT2D eigenvalue weighted by Crippen LogP contribution is -2.18. The summed E-state index contributed by atoms with van der Waals surface area (Å²) in [6.07, 6.45) is 6.76. The van der Waals surface area contributed by atoms with Gasteiger partial charge in [-0.05, 0) is 57.1 Å². The average Bonchev–Trinajstić information content (AvgIpc) is 3.00. The predicted molar refractivity (Wildman–Crippen MR) is 77.0 cm³/mol.